The van der Waals surface area contributed by atoms with Crippen molar-refractivity contribution in [3.8, 4) is 5.69 Å². The van der Waals surface area contributed by atoms with Crippen molar-refractivity contribution in [3.63, 3.8) is 0 Å². The Morgan fingerprint density at radius 1 is 1.14 bits per heavy atom. The fourth-order valence-electron chi connectivity index (χ4n) is 2.58. The van der Waals surface area contributed by atoms with Gasteiger partial charge in [0.15, 0.2) is 0 Å². The first-order valence-electron chi connectivity index (χ1n) is 6.75. The third-order valence-corrected chi connectivity index (χ3v) is 3.58. The summed E-state index contributed by atoms with van der Waals surface area (Å²) in [6, 6.07) is 7.79. The second-order valence-corrected chi connectivity index (χ2v) is 5.08. The molecule has 112 valence electrons. The van der Waals surface area contributed by atoms with Crippen LogP contribution in [-0.2, 0) is 4.79 Å². The number of carbonyl (C=O) groups excluding carboxylic acids is 2. The normalized spacial score (nSPS) is 16.0. The number of rotatable bonds is 2. The fourth-order valence-corrected chi connectivity index (χ4v) is 2.58. The third-order valence-electron chi connectivity index (χ3n) is 3.58. The average Bonchev–Trinajstić information content (AvgIpc) is 2.91. The molecular formula is C16H14FN3O2. The van der Waals surface area contributed by atoms with Gasteiger partial charge in [0, 0.05) is 11.4 Å². The van der Waals surface area contributed by atoms with Crippen molar-refractivity contribution in [3.05, 3.63) is 58.8 Å². The zero-order chi connectivity index (χ0) is 15.9. The zero-order valence-electron chi connectivity index (χ0n) is 12.1. The molecule has 1 aliphatic rings. The molecule has 2 N–H and O–H groups in total. The molecule has 2 heterocycles. The van der Waals surface area contributed by atoms with Crippen LogP contribution in [0, 0.1) is 19.7 Å². The molecule has 0 radical (unpaired) electrons. The van der Waals surface area contributed by atoms with Crippen LogP contribution in [0.3, 0.4) is 0 Å². The molecule has 1 fully saturated rings. The minimum absolute atomic E-state index is 0.179. The first-order chi connectivity index (χ1) is 10.5. The van der Waals surface area contributed by atoms with Gasteiger partial charge in [-0.3, -0.25) is 10.1 Å². The van der Waals surface area contributed by atoms with Crippen LogP contribution < -0.4 is 10.6 Å². The summed E-state index contributed by atoms with van der Waals surface area (Å²) in [5.41, 5.74) is 2.98. The number of amides is 3. The highest BCUT2D eigenvalue weighted by atomic mass is 19.1. The summed E-state index contributed by atoms with van der Waals surface area (Å²) in [4.78, 5) is 22.7. The lowest BCUT2D eigenvalue weighted by Crippen LogP contribution is -2.22. The molecule has 3 rings (SSSR count). The van der Waals surface area contributed by atoms with Gasteiger partial charge >= 0.3 is 6.03 Å². The molecule has 1 saturated heterocycles. The molecule has 0 spiro atoms. The van der Waals surface area contributed by atoms with Gasteiger partial charge in [0.05, 0.1) is 5.69 Å². The second kappa shape index (κ2) is 5.14. The molecule has 0 bridgehead atoms. The number of hydrogen-bond donors (Lipinski definition) is 2. The summed E-state index contributed by atoms with van der Waals surface area (Å²) in [7, 11) is 0. The van der Waals surface area contributed by atoms with E-state index in [1.165, 1.54) is 6.07 Å². The number of urea groups is 1. The minimum Gasteiger partial charge on any atom is -0.315 e. The Morgan fingerprint density at radius 3 is 2.50 bits per heavy atom. The van der Waals surface area contributed by atoms with Crippen molar-refractivity contribution in [2.45, 2.75) is 13.8 Å². The van der Waals surface area contributed by atoms with Gasteiger partial charge in [-0.05, 0) is 43.7 Å². The Balaban J connectivity index is 2.09. The number of carbonyl (C=O) groups is 2. The quantitative estimate of drug-likeness (QED) is 0.661. The van der Waals surface area contributed by atoms with Crippen molar-refractivity contribution >= 4 is 18.0 Å². The van der Waals surface area contributed by atoms with E-state index in [0.717, 1.165) is 17.0 Å². The van der Waals surface area contributed by atoms with Gasteiger partial charge in [0.1, 0.15) is 11.5 Å². The van der Waals surface area contributed by atoms with E-state index in [0.29, 0.717) is 5.69 Å². The molecule has 1 aromatic carbocycles. The van der Waals surface area contributed by atoms with Crippen LogP contribution in [0.15, 0.2) is 36.0 Å². The highest BCUT2D eigenvalue weighted by Gasteiger charge is 2.23. The average molecular weight is 299 g/mol. The number of aryl methyl sites for hydroxylation is 1. The first kappa shape index (κ1) is 14.1. The highest BCUT2D eigenvalue weighted by molar-refractivity contribution is 6.14. The molecule has 0 atom stereocenters. The summed E-state index contributed by atoms with van der Waals surface area (Å²) in [5.74, 6) is -0.795. The molecule has 22 heavy (non-hydrogen) atoms. The molecule has 1 aliphatic heterocycles. The lowest BCUT2D eigenvalue weighted by Gasteiger charge is -2.10. The molecule has 1 aromatic heterocycles. The Morgan fingerprint density at radius 2 is 1.86 bits per heavy atom. The lowest BCUT2D eigenvalue weighted by atomic mass is 10.2. The van der Waals surface area contributed by atoms with Crippen LogP contribution >= 0.6 is 0 Å². The van der Waals surface area contributed by atoms with E-state index in [4.69, 9.17) is 0 Å². The predicted octanol–water partition coefficient (Wildman–Crippen LogP) is 2.41. The minimum atomic E-state index is -0.542. The largest absolute Gasteiger partial charge is 0.326 e. The Hall–Kier alpha value is -2.89. The molecular weight excluding hydrogens is 285 g/mol. The van der Waals surface area contributed by atoms with Gasteiger partial charge in [0.25, 0.3) is 5.91 Å². The van der Waals surface area contributed by atoms with E-state index >= 15 is 0 Å². The van der Waals surface area contributed by atoms with Crippen LogP contribution in [0.25, 0.3) is 11.8 Å². The summed E-state index contributed by atoms with van der Waals surface area (Å²) in [6.45, 7) is 3.69. The monoisotopic (exact) mass is 299 g/mol. The number of benzene rings is 1. The highest BCUT2D eigenvalue weighted by Crippen LogP contribution is 2.24. The number of aromatic nitrogens is 1. The Labute approximate surface area is 126 Å². The van der Waals surface area contributed by atoms with Crippen molar-refractivity contribution in [1.29, 1.82) is 0 Å². The van der Waals surface area contributed by atoms with E-state index < -0.39 is 11.9 Å². The maximum atomic E-state index is 14.0. The standard InChI is InChI=1S/C16H14FN3O2/c1-9-7-11(8-13-15(21)19-16(22)18-13)10(2)20(9)14-6-4-3-5-12(14)17/h3-8H,1-2H3,(H2,18,19,21,22). The zero-order valence-corrected chi connectivity index (χ0v) is 12.1. The number of para-hydroxylation sites is 1. The topological polar surface area (TPSA) is 63.1 Å². The number of nitrogens with zero attached hydrogens (tertiary/aromatic N) is 1. The van der Waals surface area contributed by atoms with Crippen LogP contribution in [0.1, 0.15) is 17.0 Å². The second-order valence-electron chi connectivity index (χ2n) is 5.08. The van der Waals surface area contributed by atoms with E-state index in [-0.39, 0.29) is 11.5 Å². The van der Waals surface area contributed by atoms with Crippen LogP contribution in [0.5, 0.6) is 0 Å². The molecule has 3 amide bonds. The summed E-state index contributed by atoms with van der Waals surface area (Å²) < 4.78 is 15.8. The van der Waals surface area contributed by atoms with E-state index in [9.17, 15) is 14.0 Å². The Kier molecular flexibility index (Phi) is 3.29. The molecule has 0 saturated carbocycles. The van der Waals surface area contributed by atoms with E-state index in [1.807, 2.05) is 19.9 Å². The van der Waals surface area contributed by atoms with E-state index in [2.05, 4.69) is 10.6 Å². The lowest BCUT2D eigenvalue weighted by molar-refractivity contribution is -0.115. The van der Waals surface area contributed by atoms with Gasteiger partial charge in [-0.2, -0.15) is 0 Å². The van der Waals surface area contributed by atoms with Crippen molar-refractivity contribution in [2.75, 3.05) is 0 Å². The van der Waals surface area contributed by atoms with Gasteiger partial charge in [-0.1, -0.05) is 12.1 Å². The van der Waals surface area contributed by atoms with Crippen LogP contribution in [0.2, 0.25) is 0 Å². The van der Waals surface area contributed by atoms with Crippen molar-refractivity contribution in [1.82, 2.24) is 15.2 Å². The van der Waals surface area contributed by atoms with Crippen molar-refractivity contribution in [2.24, 2.45) is 0 Å². The maximum absolute atomic E-state index is 14.0. The summed E-state index contributed by atoms with van der Waals surface area (Å²) in [5, 5.41) is 4.58. The number of halogens is 1. The van der Waals surface area contributed by atoms with Gasteiger partial charge in [-0.15, -0.1) is 0 Å². The maximum Gasteiger partial charge on any atom is 0.326 e. The third kappa shape index (κ3) is 2.28. The number of nitrogens with one attached hydrogen (secondary N) is 2. The molecule has 5 nitrogen and oxygen atoms in total. The predicted molar refractivity (Wildman–Crippen MR) is 79.9 cm³/mol. The SMILES string of the molecule is Cc1cc(C=C2NC(=O)NC2=O)c(C)n1-c1ccccc1F. The fraction of sp³-hybridized carbons (Fsp3) is 0.125. The van der Waals surface area contributed by atoms with Gasteiger partial charge < -0.3 is 9.88 Å². The summed E-state index contributed by atoms with van der Waals surface area (Å²) >= 11 is 0. The smallest absolute Gasteiger partial charge is 0.315 e. The van der Waals surface area contributed by atoms with Crippen LogP contribution in [-0.4, -0.2) is 16.5 Å². The van der Waals surface area contributed by atoms with Crippen LogP contribution in [0.4, 0.5) is 9.18 Å². The molecule has 6 heteroatoms. The molecule has 2 aromatic rings. The Bertz CT molecular complexity index is 821. The van der Waals surface area contributed by atoms with Crippen molar-refractivity contribution < 1.29 is 14.0 Å². The molecule has 0 unspecified atom stereocenters. The van der Waals surface area contributed by atoms with E-state index in [1.54, 1.807) is 28.8 Å². The van der Waals surface area contributed by atoms with Gasteiger partial charge in [-0.25, -0.2) is 9.18 Å². The number of hydrogen-bond acceptors (Lipinski definition) is 2. The summed E-state index contributed by atoms with van der Waals surface area (Å²) in [6.07, 6.45) is 1.58. The number of imide groups is 1. The molecule has 0 aliphatic carbocycles. The van der Waals surface area contributed by atoms with Gasteiger partial charge in [0.2, 0.25) is 0 Å². The first-order valence-corrected chi connectivity index (χ1v) is 6.75.